The van der Waals surface area contributed by atoms with Crippen LogP contribution in [0, 0.1) is 11.7 Å². The predicted molar refractivity (Wildman–Crippen MR) is 107 cm³/mol. The fourth-order valence-electron chi connectivity index (χ4n) is 3.68. The number of nitrogens with one attached hydrogen (secondary N) is 1. The second-order valence-corrected chi connectivity index (χ2v) is 7.27. The zero-order chi connectivity index (χ0) is 19.8. The Morgan fingerprint density at radius 2 is 1.82 bits per heavy atom. The number of hydrogen-bond acceptors (Lipinski definition) is 3. The fourth-order valence-corrected chi connectivity index (χ4v) is 3.68. The number of rotatable bonds is 8. The van der Waals surface area contributed by atoms with Crippen LogP contribution in [0.15, 0.2) is 48.5 Å². The predicted octanol–water partition coefficient (Wildman–Crippen LogP) is 4.52. The number of para-hydroxylation sites is 2. The Bertz CT molecular complexity index is 772. The summed E-state index contributed by atoms with van der Waals surface area (Å²) in [5.74, 6) is 1.45. The zero-order valence-electron chi connectivity index (χ0n) is 16.3. The van der Waals surface area contributed by atoms with E-state index in [0.29, 0.717) is 6.54 Å². The van der Waals surface area contributed by atoms with Gasteiger partial charge in [-0.05, 0) is 68.4 Å². The maximum Gasteiger partial charge on any atom is 0.223 e. The Kier molecular flexibility index (Phi) is 7.29. The number of carbonyl (C=O) groups excluding carboxylic acids is 1. The normalized spacial score (nSPS) is 19.1. The summed E-state index contributed by atoms with van der Waals surface area (Å²) in [5.41, 5.74) is 0.961. The SMILES string of the molecule is COc1ccccc1OC1CCC(C(=O)NCCCc2cccc(F)c2)CC1. The monoisotopic (exact) mass is 385 g/mol. The Hall–Kier alpha value is -2.56. The first kappa shape index (κ1) is 20.2. The quantitative estimate of drug-likeness (QED) is 0.680. The van der Waals surface area contributed by atoms with Crippen molar-refractivity contribution < 1.29 is 18.7 Å². The molecule has 0 unspecified atom stereocenters. The number of hydrogen-bond donors (Lipinski definition) is 1. The molecule has 1 aliphatic rings. The lowest BCUT2D eigenvalue weighted by Crippen LogP contribution is -2.36. The molecule has 0 aromatic heterocycles. The van der Waals surface area contributed by atoms with E-state index in [-0.39, 0.29) is 23.7 Å². The number of aryl methyl sites for hydroxylation is 1. The summed E-state index contributed by atoms with van der Waals surface area (Å²) < 4.78 is 24.6. The van der Waals surface area contributed by atoms with E-state index in [1.807, 2.05) is 30.3 Å². The average Bonchev–Trinajstić information content (AvgIpc) is 2.72. The summed E-state index contributed by atoms with van der Waals surface area (Å²) in [6.45, 7) is 0.618. The Morgan fingerprint density at radius 1 is 1.07 bits per heavy atom. The molecule has 150 valence electrons. The Labute approximate surface area is 166 Å². The molecule has 0 heterocycles. The first-order valence-corrected chi connectivity index (χ1v) is 9.97. The van der Waals surface area contributed by atoms with Gasteiger partial charge in [0.15, 0.2) is 11.5 Å². The summed E-state index contributed by atoms with van der Waals surface area (Å²) in [7, 11) is 1.64. The van der Waals surface area contributed by atoms with Crippen molar-refractivity contribution >= 4 is 5.91 Å². The van der Waals surface area contributed by atoms with Crippen LogP contribution in [-0.4, -0.2) is 25.7 Å². The lowest BCUT2D eigenvalue weighted by atomic mass is 9.86. The van der Waals surface area contributed by atoms with E-state index >= 15 is 0 Å². The van der Waals surface area contributed by atoms with Gasteiger partial charge < -0.3 is 14.8 Å². The maximum atomic E-state index is 13.2. The third kappa shape index (κ3) is 5.72. The highest BCUT2D eigenvalue weighted by atomic mass is 19.1. The molecule has 0 atom stereocenters. The van der Waals surface area contributed by atoms with E-state index in [9.17, 15) is 9.18 Å². The summed E-state index contributed by atoms with van der Waals surface area (Å²) in [4.78, 5) is 12.4. The largest absolute Gasteiger partial charge is 0.493 e. The Morgan fingerprint density at radius 3 is 2.54 bits per heavy atom. The van der Waals surface area contributed by atoms with Crippen LogP contribution in [-0.2, 0) is 11.2 Å². The van der Waals surface area contributed by atoms with Crippen LogP contribution >= 0.6 is 0 Å². The molecule has 0 radical (unpaired) electrons. The van der Waals surface area contributed by atoms with Gasteiger partial charge in [0, 0.05) is 12.5 Å². The maximum absolute atomic E-state index is 13.2. The molecule has 1 saturated carbocycles. The number of benzene rings is 2. The van der Waals surface area contributed by atoms with Gasteiger partial charge in [0.25, 0.3) is 0 Å². The Balaban J connectivity index is 1.36. The van der Waals surface area contributed by atoms with E-state index < -0.39 is 0 Å². The highest BCUT2D eigenvalue weighted by Gasteiger charge is 2.27. The summed E-state index contributed by atoms with van der Waals surface area (Å²) >= 11 is 0. The molecule has 0 bridgehead atoms. The van der Waals surface area contributed by atoms with E-state index in [2.05, 4.69) is 5.32 Å². The molecule has 2 aromatic rings. The molecule has 1 amide bonds. The second-order valence-electron chi connectivity index (χ2n) is 7.27. The molecule has 4 nitrogen and oxygen atoms in total. The molecule has 1 N–H and O–H groups in total. The van der Waals surface area contributed by atoms with Crippen molar-refractivity contribution in [1.82, 2.24) is 5.32 Å². The van der Waals surface area contributed by atoms with Crippen LogP contribution in [0.1, 0.15) is 37.7 Å². The minimum Gasteiger partial charge on any atom is -0.493 e. The van der Waals surface area contributed by atoms with E-state index in [4.69, 9.17) is 9.47 Å². The van der Waals surface area contributed by atoms with Crippen molar-refractivity contribution in [3.05, 3.63) is 59.9 Å². The van der Waals surface area contributed by atoms with Crippen LogP contribution in [0.25, 0.3) is 0 Å². The van der Waals surface area contributed by atoms with Crippen LogP contribution in [0.3, 0.4) is 0 Å². The molecule has 1 aliphatic carbocycles. The third-order valence-electron chi connectivity index (χ3n) is 5.24. The average molecular weight is 385 g/mol. The molecule has 2 aromatic carbocycles. The van der Waals surface area contributed by atoms with E-state index in [1.165, 1.54) is 6.07 Å². The summed E-state index contributed by atoms with van der Waals surface area (Å²) in [5, 5.41) is 3.03. The first-order valence-electron chi connectivity index (χ1n) is 9.97. The second kappa shape index (κ2) is 10.1. The minimum atomic E-state index is -0.214. The van der Waals surface area contributed by atoms with Gasteiger partial charge in [-0.15, -0.1) is 0 Å². The zero-order valence-corrected chi connectivity index (χ0v) is 16.3. The van der Waals surface area contributed by atoms with Crippen LogP contribution in [0.4, 0.5) is 4.39 Å². The molecule has 5 heteroatoms. The molecule has 0 saturated heterocycles. The highest BCUT2D eigenvalue weighted by Crippen LogP contribution is 2.32. The smallest absolute Gasteiger partial charge is 0.223 e. The molecule has 0 spiro atoms. The summed E-state index contributed by atoms with van der Waals surface area (Å²) in [6, 6.07) is 14.3. The van der Waals surface area contributed by atoms with E-state index in [0.717, 1.165) is 55.6 Å². The highest BCUT2D eigenvalue weighted by molar-refractivity contribution is 5.78. The van der Waals surface area contributed by atoms with Crippen molar-refractivity contribution in [2.75, 3.05) is 13.7 Å². The third-order valence-corrected chi connectivity index (χ3v) is 5.24. The minimum absolute atomic E-state index is 0.0479. The lowest BCUT2D eigenvalue weighted by molar-refractivity contribution is -0.126. The number of carbonyl (C=O) groups is 1. The van der Waals surface area contributed by atoms with Gasteiger partial charge in [-0.3, -0.25) is 4.79 Å². The van der Waals surface area contributed by atoms with Gasteiger partial charge >= 0.3 is 0 Å². The van der Waals surface area contributed by atoms with Crippen LogP contribution in [0.2, 0.25) is 0 Å². The number of amides is 1. The van der Waals surface area contributed by atoms with Crippen molar-refractivity contribution in [3.8, 4) is 11.5 Å². The van der Waals surface area contributed by atoms with Crippen molar-refractivity contribution in [3.63, 3.8) is 0 Å². The van der Waals surface area contributed by atoms with Crippen molar-refractivity contribution in [2.45, 2.75) is 44.6 Å². The molecule has 3 rings (SSSR count). The lowest BCUT2D eigenvalue weighted by Gasteiger charge is -2.28. The number of methoxy groups -OCH3 is 1. The molecule has 28 heavy (non-hydrogen) atoms. The number of halogens is 1. The first-order chi connectivity index (χ1) is 13.7. The van der Waals surface area contributed by atoms with Crippen LogP contribution in [0.5, 0.6) is 11.5 Å². The van der Waals surface area contributed by atoms with Gasteiger partial charge in [-0.25, -0.2) is 4.39 Å². The van der Waals surface area contributed by atoms with Gasteiger partial charge in [0.1, 0.15) is 5.82 Å². The van der Waals surface area contributed by atoms with Crippen LogP contribution < -0.4 is 14.8 Å². The molecule has 1 fully saturated rings. The molecular formula is C23H28FNO3. The van der Waals surface area contributed by atoms with Gasteiger partial charge in [-0.1, -0.05) is 24.3 Å². The van der Waals surface area contributed by atoms with Gasteiger partial charge in [-0.2, -0.15) is 0 Å². The number of ether oxygens (including phenoxy) is 2. The van der Waals surface area contributed by atoms with Gasteiger partial charge in [0.05, 0.1) is 13.2 Å². The topological polar surface area (TPSA) is 47.6 Å². The van der Waals surface area contributed by atoms with E-state index in [1.54, 1.807) is 19.2 Å². The van der Waals surface area contributed by atoms with Crippen molar-refractivity contribution in [2.24, 2.45) is 5.92 Å². The van der Waals surface area contributed by atoms with Gasteiger partial charge in [0.2, 0.25) is 5.91 Å². The van der Waals surface area contributed by atoms with Crippen molar-refractivity contribution in [1.29, 1.82) is 0 Å². The summed E-state index contributed by atoms with van der Waals surface area (Å²) in [6.07, 6.45) is 5.07. The molecular weight excluding hydrogens is 357 g/mol. The molecule has 0 aliphatic heterocycles. The standard InChI is InChI=1S/C23H28FNO3/c1-27-21-9-2-3-10-22(21)28-20-13-11-18(12-14-20)23(26)25-15-5-7-17-6-4-8-19(24)16-17/h2-4,6,8-10,16,18,20H,5,7,11-15H2,1H3,(H,25,26). The fraction of sp³-hybridized carbons (Fsp3) is 0.435.